The zero-order chi connectivity index (χ0) is 11.7. The second kappa shape index (κ2) is 9.13. The first-order valence-electron chi connectivity index (χ1n) is 6.23. The highest BCUT2D eigenvalue weighted by Crippen LogP contribution is 1.93. The Bertz CT molecular complexity index is 111. The van der Waals surface area contributed by atoms with Crippen LogP contribution in [0.4, 0.5) is 0 Å². The van der Waals surface area contributed by atoms with Gasteiger partial charge >= 0.3 is 0 Å². The molecule has 0 aromatic carbocycles. The molecule has 1 saturated heterocycles. The van der Waals surface area contributed by atoms with Gasteiger partial charge in [0.05, 0.1) is 0 Å². The van der Waals surface area contributed by atoms with Gasteiger partial charge in [-0.25, -0.2) is 0 Å². The van der Waals surface area contributed by atoms with Gasteiger partial charge in [-0.3, -0.25) is 0 Å². The number of piperazine rings is 1. The van der Waals surface area contributed by atoms with Crippen LogP contribution in [0, 0.1) is 0 Å². The molecular weight excluding hydrogens is 186 g/mol. The molecule has 0 aromatic rings. The Morgan fingerprint density at radius 3 is 1.13 bits per heavy atom. The van der Waals surface area contributed by atoms with Crippen LogP contribution >= 0.6 is 0 Å². The zero-order valence-electron chi connectivity index (χ0n) is 11.3. The van der Waals surface area contributed by atoms with E-state index in [2.05, 4.69) is 49.6 Å². The van der Waals surface area contributed by atoms with E-state index in [0.717, 1.165) is 0 Å². The lowest BCUT2D eigenvalue weighted by Gasteiger charge is -2.28. The summed E-state index contributed by atoms with van der Waals surface area (Å²) in [5.41, 5.74) is 0. The molecule has 0 aromatic heterocycles. The molecule has 0 unspecified atom stereocenters. The third kappa shape index (κ3) is 7.77. The summed E-state index contributed by atoms with van der Waals surface area (Å²) in [5.74, 6) is 0. The van der Waals surface area contributed by atoms with Crippen LogP contribution in [-0.4, -0.2) is 74.6 Å². The molecular formula is C12H29N3. The summed E-state index contributed by atoms with van der Waals surface area (Å²) in [6, 6.07) is 0. The SMILES string of the molecule is CCN(CC)CC.CN1CCN(C)CC1. The maximum atomic E-state index is 2.38. The molecule has 0 atom stereocenters. The molecule has 0 spiro atoms. The molecule has 1 aliphatic rings. The van der Waals surface area contributed by atoms with Gasteiger partial charge in [0.15, 0.2) is 0 Å². The molecule has 1 aliphatic heterocycles. The van der Waals surface area contributed by atoms with Crippen molar-refractivity contribution in [1.82, 2.24) is 14.7 Å². The minimum atomic E-state index is 1.19. The average Bonchev–Trinajstić information content (AvgIpc) is 2.26. The third-order valence-corrected chi connectivity index (χ3v) is 3.07. The van der Waals surface area contributed by atoms with E-state index >= 15 is 0 Å². The van der Waals surface area contributed by atoms with E-state index in [9.17, 15) is 0 Å². The molecule has 0 N–H and O–H groups in total. The smallest absolute Gasteiger partial charge is 0.0107 e. The lowest BCUT2D eigenvalue weighted by molar-refractivity contribution is 0.181. The van der Waals surface area contributed by atoms with Gasteiger partial charge in [0, 0.05) is 26.2 Å². The largest absolute Gasteiger partial charge is 0.304 e. The first-order chi connectivity index (χ1) is 7.13. The van der Waals surface area contributed by atoms with Crippen LogP contribution < -0.4 is 0 Å². The maximum Gasteiger partial charge on any atom is 0.0107 e. The molecule has 15 heavy (non-hydrogen) atoms. The fraction of sp³-hybridized carbons (Fsp3) is 1.00. The molecule has 1 heterocycles. The minimum Gasteiger partial charge on any atom is -0.304 e. The van der Waals surface area contributed by atoms with Crippen LogP contribution in [0.15, 0.2) is 0 Å². The van der Waals surface area contributed by atoms with E-state index in [4.69, 9.17) is 0 Å². The molecule has 0 amide bonds. The van der Waals surface area contributed by atoms with Crippen molar-refractivity contribution in [1.29, 1.82) is 0 Å². The average molecular weight is 215 g/mol. The lowest BCUT2D eigenvalue weighted by atomic mass is 10.4. The standard InChI is InChI=1S/C6H14N2.C6H15N/c1-7-3-5-8(2)6-4-7;1-4-7(5-2)6-3/h3-6H2,1-2H3;4-6H2,1-3H3. The number of likely N-dealkylation sites (N-methyl/N-ethyl adjacent to an activating group) is 2. The highest BCUT2D eigenvalue weighted by atomic mass is 15.2. The lowest BCUT2D eigenvalue weighted by Crippen LogP contribution is -2.42. The Hall–Kier alpha value is -0.120. The number of hydrogen-bond acceptors (Lipinski definition) is 3. The third-order valence-electron chi connectivity index (χ3n) is 3.07. The van der Waals surface area contributed by atoms with Crippen LogP contribution in [0.3, 0.4) is 0 Å². The zero-order valence-corrected chi connectivity index (χ0v) is 11.3. The first-order valence-corrected chi connectivity index (χ1v) is 6.23. The summed E-state index contributed by atoms with van der Waals surface area (Å²) in [6.45, 7) is 15.1. The Kier molecular flexibility index (Phi) is 9.06. The molecule has 3 heteroatoms. The predicted octanol–water partition coefficient (Wildman–Crippen LogP) is 1.21. The molecule has 0 aliphatic carbocycles. The molecule has 92 valence electrons. The van der Waals surface area contributed by atoms with Gasteiger partial charge in [0.25, 0.3) is 0 Å². The summed E-state index contributed by atoms with van der Waals surface area (Å²) < 4.78 is 0. The van der Waals surface area contributed by atoms with Crippen LogP contribution in [0.2, 0.25) is 0 Å². The Balaban J connectivity index is 0.000000265. The molecule has 1 rings (SSSR count). The van der Waals surface area contributed by atoms with E-state index in [-0.39, 0.29) is 0 Å². The fourth-order valence-electron chi connectivity index (χ4n) is 1.58. The predicted molar refractivity (Wildman–Crippen MR) is 68.5 cm³/mol. The van der Waals surface area contributed by atoms with Crippen molar-refractivity contribution >= 4 is 0 Å². The molecule has 0 bridgehead atoms. The van der Waals surface area contributed by atoms with Crippen molar-refractivity contribution in [3.63, 3.8) is 0 Å². The Morgan fingerprint density at radius 2 is 1.00 bits per heavy atom. The van der Waals surface area contributed by atoms with E-state index in [0.29, 0.717) is 0 Å². The fourth-order valence-corrected chi connectivity index (χ4v) is 1.58. The highest BCUT2D eigenvalue weighted by molar-refractivity contribution is 4.64. The van der Waals surface area contributed by atoms with Crippen LogP contribution in [0.25, 0.3) is 0 Å². The van der Waals surface area contributed by atoms with Crippen molar-refractivity contribution < 1.29 is 0 Å². The number of nitrogens with zero attached hydrogens (tertiary/aromatic N) is 3. The summed E-state index contributed by atoms with van der Waals surface area (Å²) in [6.07, 6.45) is 0. The van der Waals surface area contributed by atoms with Crippen molar-refractivity contribution in [2.24, 2.45) is 0 Å². The van der Waals surface area contributed by atoms with Crippen LogP contribution in [0.5, 0.6) is 0 Å². The van der Waals surface area contributed by atoms with Crippen LogP contribution in [0.1, 0.15) is 20.8 Å². The van der Waals surface area contributed by atoms with E-state index < -0.39 is 0 Å². The van der Waals surface area contributed by atoms with Gasteiger partial charge in [-0.05, 0) is 33.7 Å². The Morgan fingerprint density at radius 1 is 0.733 bits per heavy atom. The quantitative estimate of drug-likeness (QED) is 0.701. The normalized spacial score (nSPS) is 18.8. The van der Waals surface area contributed by atoms with Gasteiger partial charge in [-0.2, -0.15) is 0 Å². The van der Waals surface area contributed by atoms with E-state index in [1.807, 2.05) is 0 Å². The molecule has 0 saturated carbocycles. The minimum absolute atomic E-state index is 1.19. The Labute approximate surface area is 96.0 Å². The van der Waals surface area contributed by atoms with Gasteiger partial charge in [-0.1, -0.05) is 20.8 Å². The molecule has 3 nitrogen and oxygen atoms in total. The maximum absolute atomic E-state index is 2.38. The van der Waals surface area contributed by atoms with Crippen molar-refractivity contribution in [2.45, 2.75) is 20.8 Å². The summed E-state index contributed by atoms with van der Waals surface area (Å²) in [5, 5.41) is 0. The summed E-state index contributed by atoms with van der Waals surface area (Å²) >= 11 is 0. The van der Waals surface area contributed by atoms with Crippen molar-refractivity contribution in [2.75, 3.05) is 59.9 Å². The molecule has 0 radical (unpaired) electrons. The topological polar surface area (TPSA) is 9.72 Å². The molecule has 1 fully saturated rings. The number of rotatable bonds is 3. The van der Waals surface area contributed by atoms with Crippen LogP contribution in [-0.2, 0) is 0 Å². The van der Waals surface area contributed by atoms with Gasteiger partial charge in [0.2, 0.25) is 0 Å². The monoisotopic (exact) mass is 215 g/mol. The second-order valence-electron chi connectivity index (χ2n) is 4.23. The second-order valence-corrected chi connectivity index (χ2v) is 4.23. The van der Waals surface area contributed by atoms with E-state index in [1.54, 1.807) is 0 Å². The van der Waals surface area contributed by atoms with E-state index in [1.165, 1.54) is 45.8 Å². The van der Waals surface area contributed by atoms with Gasteiger partial charge in [-0.15, -0.1) is 0 Å². The summed E-state index contributed by atoms with van der Waals surface area (Å²) in [4.78, 5) is 7.10. The van der Waals surface area contributed by atoms with Crippen molar-refractivity contribution in [3.05, 3.63) is 0 Å². The van der Waals surface area contributed by atoms with Gasteiger partial charge in [0.1, 0.15) is 0 Å². The summed E-state index contributed by atoms with van der Waals surface area (Å²) in [7, 11) is 4.35. The number of hydrogen-bond donors (Lipinski definition) is 0. The van der Waals surface area contributed by atoms with Gasteiger partial charge < -0.3 is 14.7 Å². The first kappa shape index (κ1) is 14.9. The highest BCUT2D eigenvalue weighted by Gasteiger charge is 2.07. The van der Waals surface area contributed by atoms with Crippen molar-refractivity contribution in [3.8, 4) is 0 Å².